The van der Waals surface area contributed by atoms with Crippen molar-refractivity contribution in [1.29, 1.82) is 0 Å². The molecule has 0 spiro atoms. The van der Waals surface area contributed by atoms with E-state index in [2.05, 4.69) is 52.5 Å². The molecule has 0 fully saturated rings. The molecule has 0 amide bonds. The van der Waals surface area contributed by atoms with Crippen LogP contribution in [0.25, 0.3) is 11.0 Å². The Kier molecular flexibility index (Phi) is 3.62. The van der Waals surface area contributed by atoms with E-state index in [1.807, 2.05) is 25.2 Å². The lowest BCUT2D eigenvalue weighted by Crippen LogP contribution is -2.22. The molecule has 0 saturated carbocycles. The third kappa shape index (κ3) is 2.62. The van der Waals surface area contributed by atoms with E-state index in [1.165, 1.54) is 5.56 Å². The second-order valence-electron chi connectivity index (χ2n) is 5.35. The highest BCUT2D eigenvalue weighted by atomic mass is 16.1. The first-order chi connectivity index (χ1) is 10.2. The topological polar surface area (TPSA) is 60.7 Å². The SMILES string of the molecule is CNC(c1ccc2[nH]c(=O)[nH]c2c1)C(C)c1ccccc1. The predicted molar refractivity (Wildman–Crippen MR) is 85.6 cm³/mol. The lowest BCUT2D eigenvalue weighted by molar-refractivity contribution is 0.508. The van der Waals surface area contributed by atoms with Crippen LogP contribution in [0.15, 0.2) is 53.3 Å². The Hall–Kier alpha value is -2.33. The molecule has 0 aliphatic carbocycles. The first-order valence-electron chi connectivity index (χ1n) is 7.13. The van der Waals surface area contributed by atoms with Gasteiger partial charge in [0.2, 0.25) is 0 Å². The molecular weight excluding hydrogens is 262 g/mol. The average Bonchev–Trinajstić information content (AvgIpc) is 2.88. The summed E-state index contributed by atoms with van der Waals surface area (Å²) in [4.78, 5) is 17.0. The van der Waals surface area contributed by atoms with Crippen molar-refractivity contribution in [3.05, 3.63) is 70.1 Å². The predicted octanol–water partition coefficient (Wildman–Crippen LogP) is 2.92. The fourth-order valence-electron chi connectivity index (χ4n) is 2.90. The molecule has 1 heterocycles. The zero-order chi connectivity index (χ0) is 14.8. The molecule has 2 atom stereocenters. The van der Waals surface area contributed by atoms with Crippen LogP contribution in [0.1, 0.15) is 30.0 Å². The third-order valence-electron chi connectivity index (χ3n) is 4.04. The number of likely N-dealkylation sites (N-methyl/N-ethyl adjacent to an activating group) is 1. The monoisotopic (exact) mass is 281 g/mol. The fraction of sp³-hybridized carbons (Fsp3) is 0.235. The maximum Gasteiger partial charge on any atom is 0.323 e. The van der Waals surface area contributed by atoms with Gasteiger partial charge in [0.1, 0.15) is 0 Å². The number of H-pyrrole nitrogens is 2. The number of hydrogen-bond acceptors (Lipinski definition) is 2. The molecule has 0 aliphatic heterocycles. The van der Waals surface area contributed by atoms with Crippen molar-refractivity contribution in [2.24, 2.45) is 0 Å². The average molecular weight is 281 g/mol. The van der Waals surface area contributed by atoms with Gasteiger partial charge in [0.05, 0.1) is 11.0 Å². The van der Waals surface area contributed by atoms with Crippen molar-refractivity contribution in [1.82, 2.24) is 15.3 Å². The first-order valence-corrected chi connectivity index (χ1v) is 7.13. The van der Waals surface area contributed by atoms with Crippen LogP contribution in [-0.4, -0.2) is 17.0 Å². The quantitative estimate of drug-likeness (QED) is 0.688. The van der Waals surface area contributed by atoms with Gasteiger partial charge in [0.25, 0.3) is 0 Å². The Bertz CT molecular complexity index is 788. The summed E-state index contributed by atoms with van der Waals surface area (Å²) in [5.74, 6) is 0.333. The Morgan fingerprint density at radius 1 is 0.952 bits per heavy atom. The number of aromatic amines is 2. The third-order valence-corrected chi connectivity index (χ3v) is 4.04. The Labute approximate surface area is 123 Å². The molecule has 0 aliphatic rings. The van der Waals surface area contributed by atoms with Gasteiger partial charge in [-0.3, -0.25) is 0 Å². The highest BCUT2D eigenvalue weighted by Crippen LogP contribution is 2.31. The van der Waals surface area contributed by atoms with Gasteiger partial charge in [-0.15, -0.1) is 0 Å². The number of rotatable bonds is 4. The smallest absolute Gasteiger partial charge is 0.312 e. The maximum absolute atomic E-state index is 11.4. The van der Waals surface area contributed by atoms with Crippen LogP contribution in [0.4, 0.5) is 0 Å². The molecule has 3 N–H and O–H groups in total. The van der Waals surface area contributed by atoms with Gasteiger partial charge in [-0.2, -0.15) is 0 Å². The fourth-order valence-corrected chi connectivity index (χ4v) is 2.90. The van der Waals surface area contributed by atoms with Crippen LogP contribution in [0.5, 0.6) is 0 Å². The zero-order valence-electron chi connectivity index (χ0n) is 12.2. The molecule has 2 aromatic carbocycles. The van der Waals surface area contributed by atoms with Gasteiger partial charge < -0.3 is 15.3 Å². The van der Waals surface area contributed by atoms with E-state index in [-0.39, 0.29) is 11.7 Å². The second-order valence-corrected chi connectivity index (χ2v) is 5.35. The maximum atomic E-state index is 11.4. The molecule has 0 bridgehead atoms. The summed E-state index contributed by atoms with van der Waals surface area (Å²) < 4.78 is 0. The van der Waals surface area contributed by atoms with E-state index < -0.39 is 0 Å². The van der Waals surface area contributed by atoms with Gasteiger partial charge in [-0.05, 0) is 30.3 Å². The first kappa shape index (κ1) is 13.6. The van der Waals surface area contributed by atoms with Gasteiger partial charge >= 0.3 is 5.69 Å². The lowest BCUT2D eigenvalue weighted by atomic mass is 9.88. The molecular formula is C17H19N3O. The summed E-state index contributed by atoms with van der Waals surface area (Å²) in [6.07, 6.45) is 0. The van der Waals surface area contributed by atoms with Crippen molar-refractivity contribution in [3.63, 3.8) is 0 Å². The minimum Gasteiger partial charge on any atom is -0.312 e. The van der Waals surface area contributed by atoms with E-state index in [0.29, 0.717) is 5.92 Å². The van der Waals surface area contributed by atoms with Crippen LogP contribution < -0.4 is 11.0 Å². The number of aromatic nitrogens is 2. The van der Waals surface area contributed by atoms with E-state index in [9.17, 15) is 4.79 Å². The summed E-state index contributed by atoms with van der Waals surface area (Å²) in [5.41, 5.74) is 3.97. The van der Waals surface area contributed by atoms with Gasteiger partial charge in [0, 0.05) is 12.0 Å². The highest BCUT2D eigenvalue weighted by Gasteiger charge is 2.19. The van der Waals surface area contributed by atoms with E-state index in [1.54, 1.807) is 0 Å². The lowest BCUT2D eigenvalue weighted by Gasteiger charge is -2.24. The molecule has 21 heavy (non-hydrogen) atoms. The molecule has 1 aromatic heterocycles. The van der Waals surface area contributed by atoms with E-state index >= 15 is 0 Å². The number of hydrogen-bond donors (Lipinski definition) is 3. The van der Waals surface area contributed by atoms with Crippen molar-refractivity contribution >= 4 is 11.0 Å². The zero-order valence-corrected chi connectivity index (χ0v) is 12.2. The van der Waals surface area contributed by atoms with Crippen molar-refractivity contribution in [3.8, 4) is 0 Å². The standard InChI is InChI=1S/C17H19N3O/c1-11(12-6-4-3-5-7-12)16(18-2)13-8-9-14-15(10-13)20-17(21)19-14/h3-11,16,18H,1-2H3,(H2,19,20,21). The minimum absolute atomic E-state index is 0.167. The van der Waals surface area contributed by atoms with Crippen LogP contribution in [0, 0.1) is 0 Å². The highest BCUT2D eigenvalue weighted by molar-refractivity contribution is 5.75. The van der Waals surface area contributed by atoms with Crippen molar-refractivity contribution < 1.29 is 0 Å². The Morgan fingerprint density at radius 2 is 1.67 bits per heavy atom. The summed E-state index contributed by atoms with van der Waals surface area (Å²) in [7, 11) is 1.97. The minimum atomic E-state index is -0.167. The van der Waals surface area contributed by atoms with Crippen molar-refractivity contribution in [2.75, 3.05) is 7.05 Å². The van der Waals surface area contributed by atoms with Crippen LogP contribution in [-0.2, 0) is 0 Å². The molecule has 0 saturated heterocycles. The van der Waals surface area contributed by atoms with Crippen molar-refractivity contribution in [2.45, 2.75) is 18.9 Å². The number of benzene rings is 2. The molecule has 3 rings (SSSR count). The Morgan fingerprint density at radius 3 is 2.38 bits per heavy atom. The molecule has 2 unspecified atom stereocenters. The van der Waals surface area contributed by atoms with Gasteiger partial charge in [0.15, 0.2) is 0 Å². The van der Waals surface area contributed by atoms with Crippen LogP contribution in [0.3, 0.4) is 0 Å². The number of nitrogens with one attached hydrogen (secondary N) is 3. The number of imidazole rings is 1. The molecule has 0 radical (unpaired) electrons. The van der Waals surface area contributed by atoms with Gasteiger partial charge in [-0.1, -0.05) is 43.3 Å². The largest absolute Gasteiger partial charge is 0.323 e. The van der Waals surface area contributed by atoms with E-state index in [4.69, 9.17) is 0 Å². The van der Waals surface area contributed by atoms with Crippen LogP contribution in [0.2, 0.25) is 0 Å². The second kappa shape index (κ2) is 5.58. The molecule has 3 aromatic rings. The van der Waals surface area contributed by atoms with E-state index in [0.717, 1.165) is 16.6 Å². The Balaban J connectivity index is 1.99. The normalized spacial score (nSPS) is 14.2. The summed E-state index contributed by atoms with van der Waals surface area (Å²) in [5, 5.41) is 3.39. The summed E-state index contributed by atoms with van der Waals surface area (Å²) in [6.45, 7) is 2.21. The summed E-state index contributed by atoms with van der Waals surface area (Å²) >= 11 is 0. The van der Waals surface area contributed by atoms with Gasteiger partial charge in [-0.25, -0.2) is 4.79 Å². The number of fused-ring (bicyclic) bond motifs is 1. The molecule has 4 nitrogen and oxygen atoms in total. The van der Waals surface area contributed by atoms with Crippen LogP contribution >= 0.6 is 0 Å². The molecule has 108 valence electrons. The summed E-state index contributed by atoms with van der Waals surface area (Å²) in [6, 6.07) is 16.7. The molecule has 4 heteroatoms.